The fourth-order valence-electron chi connectivity index (χ4n) is 4.92. The first-order valence-corrected chi connectivity index (χ1v) is 11.2. The Balaban J connectivity index is 1.61. The monoisotopic (exact) mass is 468 g/mol. The van der Waals surface area contributed by atoms with Crippen LogP contribution in [-0.4, -0.2) is 35.1 Å². The Kier molecular flexibility index (Phi) is 4.27. The van der Waals surface area contributed by atoms with Gasteiger partial charge in [0.05, 0.1) is 15.3 Å². The molecule has 0 unspecified atom stereocenters. The lowest BCUT2D eigenvalue weighted by Crippen LogP contribution is -2.44. The van der Waals surface area contributed by atoms with Crippen LogP contribution < -0.4 is 16.0 Å². The molecule has 2 atom stereocenters. The van der Waals surface area contributed by atoms with Gasteiger partial charge in [0.2, 0.25) is 0 Å². The third-order valence-corrected chi connectivity index (χ3v) is 7.65. The number of rotatable bonds is 2. The average Bonchev–Trinajstić information content (AvgIpc) is 3.49. The number of piperazine rings is 1. The minimum absolute atomic E-state index is 0.0627. The van der Waals surface area contributed by atoms with Crippen molar-refractivity contribution in [1.29, 1.82) is 5.26 Å². The van der Waals surface area contributed by atoms with Gasteiger partial charge in [-0.2, -0.15) is 5.26 Å². The fraction of sp³-hybridized carbons (Fsp3) is 0.227. The Morgan fingerprint density at radius 3 is 2.88 bits per heavy atom. The summed E-state index contributed by atoms with van der Waals surface area (Å²) in [5, 5.41) is 14.1. The molecule has 10 heteroatoms. The van der Waals surface area contributed by atoms with E-state index in [0.717, 1.165) is 30.8 Å². The second kappa shape index (κ2) is 6.97. The third kappa shape index (κ3) is 2.64. The van der Waals surface area contributed by atoms with Gasteiger partial charge in [0.25, 0.3) is 0 Å². The molecule has 6 rings (SSSR count). The molecule has 2 aromatic heterocycles. The van der Waals surface area contributed by atoms with Gasteiger partial charge in [0, 0.05) is 41.5 Å². The maximum absolute atomic E-state index is 15.9. The van der Waals surface area contributed by atoms with Crippen molar-refractivity contribution in [2.45, 2.75) is 18.5 Å². The van der Waals surface area contributed by atoms with Gasteiger partial charge < -0.3 is 16.0 Å². The van der Waals surface area contributed by atoms with Crippen LogP contribution in [-0.2, 0) is 0 Å². The zero-order valence-corrected chi connectivity index (χ0v) is 18.1. The van der Waals surface area contributed by atoms with Gasteiger partial charge in [-0.3, -0.25) is 0 Å². The zero-order valence-electron chi connectivity index (χ0n) is 16.5. The number of fused-ring (bicyclic) bond motifs is 4. The lowest BCUT2D eigenvalue weighted by atomic mass is 9.97. The van der Waals surface area contributed by atoms with Gasteiger partial charge in [-0.15, -0.1) is 11.3 Å². The molecule has 2 aromatic carbocycles. The summed E-state index contributed by atoms with van der Waals surface area (Å²) >= 11 is 7.57. The number of nitrogens with two attached hydrogens (primary N) is 1. The number of nitrogens with zero attached hydrogens (tertiary/aromatic N) is 4. The predicted octanol–water partition coefficient (Wildman–Crippen LogP) is 4.45. The van der Waals surface area contributed by atoms with Crippen molar-refractivity contribution in [3.8, 4) is 17.2 Å². The van der Waals surface area contributed by atoms with E-state index < -0.39 is 11.6 Å². The SMILES string of the molecule is N#Cc1c(N)sc2c(F)ccc(-c3c(Cl)cc4c(N5C[C@@H]6C[C@H]5CN6)ncnc4c3F)c12. The molecule has 0 amide bonds. The number of hydrogen-bond donors (Lipinski definition) is 2. The summed E-state index contributed by atoms with van der Waals surface area (Å²) in [6.45, 7) is 1.64. The first-order chi connectivity index (χ1) is 15.5. The van der Waals surface area contributed by atoms with Crippen LogP contribution in [0.4, 0.5) is 19.6 Å². The van der Waals surface area contributed by atoms with E-state index in [1.165, 1.54) is 18.5 Å². The molecular weight excluding hydrogens is 454 g/mol. The van der Waals surface area contributed by atoms with E-state index in [1.54, 1.807) is 6.07 Å². The van der Waals surface area contributed by atoms with Gasteiger partial charge >= 0.3 is 0 Å². The highest BCUT2D eigenvalue weighted by Crippen LogP contribution is 2.45. The van der Waals surface area contributed by atoms with Crippen molar-refractivity contribution in [2.75, 3.05) is 23.7 Å². The number of halogens is 3. The quantitative estimate of drug-likeness (QED) is 0.451. The summed E-state index contributed by atoms with van der Waals surface area (Å²) in [4.78, 5) is 10.8. The number of nitrogen functional groups attached to an aromatic ring is 1. The molecule has 0 spiro atoms. The topological polar surface area (TPSA) is 90.9 Å². The van der Waals surface area contributed by atoms with E-state index in [-0.39, 0.29) is 36.8 Å². The molecule has 2 aliphatic heterocycles. The van der Waals surface area contributed by atoms with E-state index in [1.807, 2.05) is 6.07 Å². The van der Waals surface area contributed by atoms with Gasteiger partial charge in [-0.1, -0.05) is 17.7 Å². The number of anilines is 2. The summed E-state index contributed by atoms with van der Waals surface area (Å²) in [5.74, 6) is -0.514. The molecule has 2 bridgehead atoms. The van der Waals surface area contributed by atoms with Crippen molar-refractivity contribution in [3.05, 3.63) is 46.7 Å². The highest BCUT2D eigenvalue weighted by atomic mass is 35.5. The first-order valence-electron chi connectivity index (χ1n) is 10.0. The van der Waals surface area contributed by atoms with Crippen LogP contribution in [0.3, 0.4) is 0 Å². The van der Waals surface area contributed by atoms with Crippen LogP contribution in [0.1, 0.15) is 12.0 Å². The lowest BCUT2D eigenvalue weighted by molar-refractivity contribution is 0.577. The van der Waals surface area contributed by atoms with Gasteiger partial charge in [-0.05, 0) is 24.1 Å². The number of nitriles is 1. The number of hydrogen-bond acceptors (Lipinski definition) is 7. The molecule has 0 radical (unpaired) electrons. The lowest BCUT2D eigenvalue weighted by Gasteiger charge is -2.29. The Hall–Kier alpha value is -3.06. The van der Waals surface area contributed by atoms with Crippen LogP contribution in [0, 0.1) is 23.0 Å². The maximum atomic E-state index is 15.9. The van der Waals surface area contributed by atoms with E-state index in [9.17, 15) is 9.65 Å². The molecule has 4 aromatic rings. The van der Waals surface area contributed by atoms with Crippen LogP contribution >= 0.6 is 22.9 Å². The second-order valence-electron chi connectivity index (χ2n) is 8.04. The van der Waals surface area contributed by atoms with Crippen LogP contribution in [0.25, 0.3) is 32.1 Å². The second-order valence-corrected chi connectivity index (χ2v) is 9.50. The summed E-state index contributed by atoms with van der Waals surface area (Å²) in [6, 6.07) is 7.01. The van der Waals surface area contributed by atoms with Gasteiger partial charge in [0.15, 0.2) is 5.82 Å². The van der Waals surface area contributed by atoms with Crippen molar-refractivity contribution >= 4 is 54.7 Å². The standard InChI is InChI=1S/C22H15ClF2N6S/c23-14-4-12-19(29-8-30-22(12)31-7-9-3-10(31)6-28-9)18(25)17(14)11-1-2-15(24)20-16(11)13(5-26)21(27)32-20/h1-2,4,8-10,28H,3,6-7,27H2/t9-,10-/m0/s1. The molecule has 0 aliphatic carbocycles. The molecule has 2 aliphatic rings. The third-order valence-electron chi connectivity index (χ3n) is 6.33. The Labute approximate surface area is 190 Å². The van der Waals surface area contributed by atoms with Gasteiger partial charge in [-0.25, -0.2) is 18.7 Å². The Morgan fingerprint density at radius 1 is 1.31 bits per heavy atom. The molecule has 0 saturated carbocycles. The number of aromatic nitrogens is 2. The maximum Gasteiger partial charge on any atom is 0.158 e. The minimum atomic E-state index is -0.639. The number of thiophene rings is 1. The van der Waals surface area contributed by atoms with Crippen molar-refractivity contribution < 1.29 is 8.78 Å². The summed E-state index contributed by atoms with van der Waals surface area (Å²) in [6.07, 6.45) is 2.37. The van der Waals surface area contributed by atoms with E-state index >= 15 is 4.39 Å². The van der Waals surface area contributed by atoms with Gasteiger partial charge in [0.1, 0.15) is 34.5 Å². The summed E-state index contributed by atoms with van der Waals surface area (Å²) in [7, 11) is 0. The number of benzene rings is 2. The Bertz CT molecular complexity index is 1480. The first kappa shape index (κ1) is 19.6. The molecule has 6 nitrogen and oxygen atoms in total. The molecular formula is C22H15ClF2N6S. The molecule has 32 heavy (non-hydrogen) atoms. The smallest absolute Gasteiger partial charge is 0.158 e. The van der Waals surface area contributed by atoms with Crippen LogP contribution in [0.15, 0.2) is 24.5 Å². The van der Waals surface area contributed by atoms with E-state index in [4.69, 9.17) is 17.3 Å². The molecule has 4 heterocycles. The number of nitrogens with one attached hydrogen (secondary N) is 1. The van der Waals surface area contributed by atoms with E-state index in [2.05, 4.69) is 20.2 Å². The van der Waals surface area contributed by atoms with Crippen molar-refractivity contribution in [1.82, 2.24) is 15.3 Å². The predicted molar refractivity (Wildman–Crippen MR) is 122 cm³/mol. The molecule has 160 valence electrons. The molecule has 2 fully saturated rings. The highest BCUT2D eigenvalue weighted by Gasteiger charge is 2.39. The molecule has 2 saturated heterocycles. The van der Waals surface area contributed by atoms with Crippen molar-refractivity contribution in [2.24, 2.45) is 0 Å². The Morgan fingerprint density at radius 2 is 2.16 bits per heavy atom. The average molecular weight is 469 g/mol. The minimum Gasteiger partial charge on any atom is -0.389 e. The zero-order chi connectivity index (χ0) is 22.1. The molecule has 3 N–H and O–H groups in total. The summed E-state index contributed by atoms with van der Waals surface area (Å²) < 4.78 is 30.6. The van der Waals surface area contributed by atoms with E-state index in [0.29, 0.717) is 28.9 Å². The fourth-order valence-corrected chi connectivity index (χ4v) is 6.16. The highest BCUT2D eigenvalue weighted by molar-refractivity contribution is 7.23. The normalized spacial score (nSPS) is 19.9. The largest absolute Gasteiger partial charge is 0.389 e. The van der Waals surface area contributed by atoms with Crippen molar-refractivity contribution in [3.63, 3.8) is 0 Å². The van der Waals surface area contributed by atoms with Crippen LogP contribution in [0.5, 0.6) is 0 Å². The van der Waals surface area contributed by atoms with Crippen LogP contribution in [0.2, 0.25) is 5.02 Å². The summed E-state index contributed by atoms with van der Waals surface area (Å²) in [5.41, 5.74) is 6.54.